The van der Waals surface area contributed by atoms with Crippen molar-refractivity contribution in [2.45, 2.75) is 39.2 Å². The zero-order valence-corrected chi connectivity index (χ0v) is 11.6. The zero-order valence-electron chi connectivity index (χ0n) is 11.6. The second-order valence-electron chi connectivity index (χ2n) is 5.40. The van der Waals surface area contributed by atoms with Crippen molar-refractivity contribution in [3.63, 3.8) is 0 Å². The molecule has 0 fully saturated rings. The van der Waals surface area contributed by atoms with E-state index in [1.54, 1.807) is 0 Å². The van der Waals surface area contributed by atoms with Crippen molar-refractivity contribution in [2.75, 3.05) is 11.9 Å². The molecule has 1 aromatic carbocycles. The minimum absolute atomic E-state index is 0.202. The van der Waals surface area contributed by atoms with Gasteiger partial charge in [-0.2, -0.15) is 0 Å². The Morgan fingerprint density at radius 1 is 1.21 bits per heavy atom. The Morgan fingerprint density at radius 2 is 2.11 bits per heavy atom. The van der Waals surface area contributed by atoms with Gasteiger partial charge in [-0.25, -0.2) is 4.98 Å². The normalized spacial score (nSPS) is 14.9. The number of aryl methyl sites for hydroxylation is 1. The average molecular weight is 256 g/mol. The van der Waals surface area contributed by atoms with Crippen molar-refractivity contribution in [1.29, 1.82) is 0 Å². The summed E-state index contributed by atoms with van der Waals surface area (Å²) in [5.74, 6) is 1.98. The number of aromatic nitrogens is 1. The van der Waals surface area contributed by atoms with Crippen molar-refractivity contribution in [2.24, 2.45) is 0 Å². The lowest BCUT2D eigenvalue weighted by molar-refractivity contribution is 0.243. The summed E-state index contributed by atoms with van der Waals surface area (Å²) in [4.78, 5) is 4.73. The monoisotopic (exact) mass is 256 g/mol. The number of fused-ring (bicyclic) bond motifs is 2. The molecule has 1 aromatic heterocycles. The lowest BCUT2D eigenvalue weighted by Gasteiger charge is -2.12. The van der Waals surface area contributed by atoms with Crippen molar-refractivity contribution in [3.8, 4) is 5.75 Å². The quantitative estimate of drug-likeness (QED) is 0.888. The summed E-state index contributed by atoms with van der Waals surface area (Å²) in [7, 11) is 0. The van der Waals surface area contributed by atoms with E-state index in [-0.39, 0.29) is 6.10 Å². The van der Waals surface area contributed by atoms with E-state index in [0.29, 0.717) is 0 Å². The Labute approximate surface area is 114 Å². The third kappa shape index (κ3) is 2.65. The van der Waals surface area contributed by atoms with Crippen LogP contribution in [-0.2, 0) is 6.42 Å². The number of hydrogen-bond donors (Lipinski definition) is 1. The molecule has 2 aromatic rings. The summed E-state index contributed by atoms with van der Waals surface area (Å²) in [5, 5.41) is 4.59. The van der Waals surface area contributed by atoms with Gasteiger partial charge in [-0.1, -0.05) is 0 Å². The van der Waals surface area contributed by atoms with Gasteiger partial charge in [-0.05, 0) is 62.9 Å². The SMILES string of the molecule is CC(C)Oc1ccc2nc3c(cc2c1)CCCCN3. The number of nitrogens with one attached hydrogen (secondary N) is 1. The van der Waals surface area contributed by atoms with Crippen LogP contribution in [-0.4, -0.2) is 17.6 Å². The van der Waals surface area contributed by atoms with Crippen LogP contribution in [0.3, 0.4) is 0 Å². The molecule has 0 aliphatic carbocycles. The van der Waals surface area contributed by atoms with Crippen LogP contribution >= 0.6 is 0 Å². The molecule has 1 aliphatic rings. The van der Waals surface area contributed by atoms with E-state index in [1.165, 1.54) is 23.8 Å². The van der Waals surface area contributed by atoms with Gasteiger partial charge in [-0.3, -0.25) is 0 Å². The summed E-state index contributed by atoms with van der Waals surface area (Å²) in [6.45, 7) is 5.12. The van der Waals surface area contributed by atoms with Gasteiger partial charge in [0.05, 0.1) is 11.6 Å². The number of ether oxygens (including phenoxy) is 1. The van der Waals surface area contributed by atoms with E-state index in [9.17, 15) is 0 Å². The van der Waals surface area contributed by atoms with Gasteiger partial charge >= 0.3 is 0 Å². The van der Waals surface area contributed by atoms with Gasteiger partial charge in [0.1, 0.15) is 11.6 Å². The molecule has 100 valence electrons. The number of pyridine rings is 1. The molecule has 3 nitrogen and oxygen atoms in total. The van der Waals surface area contributed by atoms with Crippen LogP contribution in [0, 0.1) is 0 Å². The smallest absolute Gasteiger partial charge is 0.129 e. The molecule has 0 unspecified atom stereocenters. The van der Waals surface area contributed by atoms with Gasteiger partial charge in [0.2, 0.25) is 0 Å². The first kappa shape index (κ1) is 12.3. The van der Waals surface area contributed by atoms with Gasteiger partial charge in [0, 0.05) is 11.9 Å². The summed E-state index contributed by atoms with van der Waals surface area (Å²) < 4.78 is 5.75. The van der Waals surface area contributed by atoms with E-state index in [4.69, 9.17) is 9.72 Å². The van der Waals surface area contributed by atoms with Crippen LogP contribution in [0.4, 0.5) is 5.82 Å². The topological polar surface area (TPSA) is 34.1 Å². The second-order valence-corrected chi connectivity index (χ2v) is 5.40. The minimum atomic E-state index is 0.202. The molecule has 3 heteroatoms. The first-order valence-electron chi connectivity index (χ1n) is 7.06. The minimum Gasteiger partial charge on any atom is -0.491 e. The number of nitrogens with zero attached hydrogens (tertiary/aromatic N) is 1. The highest BCUT2D eigenvalue weighted by molar-refractivity contribution is 5.83. The molecule has 0 saturated heterocycles. The van der Waals surface area contributed by atoms with Crippen LogP contribution in [0.2, 0.25) is 0 Å². The van der Waals surface area contributed by atoms with Gasteiger partial charge in [-0.15, -0.1) is 0 Å². The van der Waals surface area contributed by atoms with Crippen LogP contribution < -0.4 is 10.1 Å². The molecule has 1 aliphatic heterocycles. The summed E-state index contributed by atoms with van der Waals surface area (Å²) >= 11 is 0. The summed E-state index contributed by atoms with van der Waals surface area (Å²) in [5.41, 5.74) is 2.36. The largest absolute Gasteiger partial charge is 0.491 e. The Bertz CT molecular complexity index is 593. The summed E-state index contributed by atoms with van der Waals surface area (Å²) in [6, 6.07) is 8.38. The standard InChI is InChI=1S/C16H20N2O/c1-11(2)19-14-6-7-15-13(10-14)9-12-5-3-4-8-17-16(12)18-15/h6-7,9-11H,3-5,8H2,1-2H3,(H,17,18). The maximum Gasteiger partial charge on any atom is 0.129 e. The van der Waals surface area contributed by atoms with Gasteiger partial charge in [0.15, 0.2) is 0 Å². The van der Waals surface area contributed by atoms with Crippen LogP contribution in [0.25, 0.3) is 10.9 Å². The van der Waals surface area contributed by atoms with Crippen molar-refractivity contribution in [3.05, 3.63) is 29.8 Å². The molecule has 0 spiro atoms. The third-order valence-corrected chi connectivity index (χ3v) is 3.40. The maximum atomic E-state index is 5.75. The molecular formula is C16H20N2O. The Hall–Kier alpha value is -1.77. The first-order chi connectivity index (χ1) is 9.22. The molecular weight excluding hydrogens is 236 g/mol. The molecule has 2 heterocycles. The lowest BCUT2D eigenvalue weighted by atomic mass is 10.1. The fourth-order valence-corrected chi connectivity index (χ4v) is 2.53. The van der Waals surface area contributed by atoms with E-state index >= 15 is 0 Å². The van der Waals surface area contributed by atoms with Crippen LogP contribution in [0.15, 0.2) is 24.3 Å². The average Bonchev–Trinajstić information content (AvgIpc) is 2.60. The maximum absolute atomic E-state index is 5.75. The highest BCUT2D eigenvalue weighted by Gasteiger charge is 2.10. The molecule has 1 N–H and O–H groups in total. The van der Waals surface area contributed by atoms with Crippen molar-refractivity contribution >= 4 is 16.7 Å². The van der Waals surface area contributed by atoms with E-state index in [2.05, 4.69) is 17.4 Å². The molecule has 0 amide bonds. The zero-order chi connectivity index (χ0) is 13.2. The van der Waals surface area contributed by atoms with Crippen LogP contribution in [0.5, 0.6) is 5.75 Å². The Kier molecular flexibility index (Phi) is 3.28. The van der Waals surface area contributed by atoms with E-state index in [1.807, 2.05) is 26.0 Å². The van der Waals surface area contributed by atoms with Gasteiger partial charge in [0.25, 0.3) is 0 Å². The number of rotatable bonds is 2. The highest BCUT2D eigenvalue weighted by atomic mass is 16.5. The highest BCUT2D eigenvalue weighted by Crippen LogP contribution is 2.27. The van der Waals surface area contributed by atoms with Crippen molar-refractivity contribution < 1.29 is 4.74 Å². The second kappa shape index (κ2) is 5.08. The molecule has 0 saturated carbocycles. The molecule has 0 radical (unpaired) electrons. The van der Waals surface area contributed by atoms with Gasteiger partial charge < -0.3 is 10.1 Å². The number of benzene rings is 1. The van der Waals surface area contributed by atoms with E-state index in [0.717, 1.165) is 30.0 Å². The predicted molar refractivity (Wildman–Crippen MR) is 78.9 cm³/mol. The molecule has 19 heavy (non-hydrogen) atoms. The molecule has 0 atom stereocenters. The first-order valence-corrected chi connectivity index (χ1v) is 7.06. The van der Waals surface area contributed by atoms with Crippen LogP contribution in [0.1, 0.15) is 32.3 Å². The lowest BCUT2D eigenvalue weighted by Crippen LogP contribution is -2.05. The molecule has 3 rings (SSSR count). The molecule has 0 bridgehead atoms. The van der Waals surface area contributed by atoms with Crippen molar-refractivity contribution in [1.82, 2.24) is 4.98 Å². The fourth-order valence-electron chi connectivity index (χ4n) is 2.53. The Balaban J connectivity index is 2.03. The fraction of sp³-hybridized carbons (Fsp3) is 0.438. The predicted octanol–water partition coefficient (Wildman–Crippen LogP) is 3.77. The van der Waals surface area contributed by atoms with E-state index < -0.39 is 0 Å². The number of hydrogen-bond acceptors (Lipinski definition) is 3. The Morgan fingerprint density at radius 3 is 2.95 bits per heavy atom. The summed E-state index contributed by atoms with van der Waals surface area (Å²) in [6.07, 6.45) is 3.76. The third-order valence-electron chi connectivity index (χ3n) is 3.40. The number of anilines is 1.